The van der Waals surface area contributed by atoms with Gasteiger partial charge >= 0.3 is 0 Å². The van der Waals surface area contributed by atoms with Gasteiger partial charge in [-0.3, -0.25) is 4.79 Å². The molecule has 1 aromatic rings. The van der Waals surface area contributed by atoms with Gasteiger partial charge in [-0.2, -0.15) is 10.5 Å². The number of amides is 1. The van der Waals surface area contributed by atoms with Gasteiger partial charge in [0.1, 0.15) is 12.1 Å². The van der Waals surface area contributed by atoms with Crippen LogP contribution in [-0.2, 0) is 4.79 Å². The lowest BCUT2D eigenvalue weighted by molar-refractivity contribution is -0.114. The molecule has 16 heavy (non-hydrogen) atoms. The van der Waals surface area contributed by atoms with Crippen LogP contribution in [-0.4, -0.2) is 5.91 Å². The number of aryl methyl sites for hydroxylation is 2. The van der Waals surface area contributed by atoms with E-state index in [2.05, 4.69) is 5.32 Å². The lowest BCUT2D eigenvalue weighted by Gasteiger charge is -2.11. The van der Waals surface area contributed by atoms with Gasteiger partial charge < -0.3 is 5.32 Å². The van der Waals surface area contributed by atoms with E-state index in [1.807, 2.05) is 12.1 Å². The van der Waals surface area contributed by atoms with Crippen molar-refractivity contribution in [2.45, 2.75) is 20.8 Å². The highest BCUT2D eigenvalue weighted by molar-refractivity contribution is 5.92. The van der Waals surface area contributed by atoms with Gasteiger partial charge in [0.25, 0.3) is 0 Å². The van der Waals surface area contributed by atoms with Crippen LogP contribution in [0, 0.1) is 36.5 Å². The second kappa shape index (κ2) is 4.46. The summed E-state index contributed by atoms with van der Waals surface area (Å²) in [6.07, 6.45) is 0. The van der Waals surface area contributed by atoms with Gasteiger partial charge in [0, 0.05) is 6.92 Å². The number of rotatable bonds is 1. The van der Waals surface area contributed by atoms with Gasteiger partial charge in [0.2, 0.25) is 5.91 Å². The first-order chi connectivity index (χ1) is 7.51. The molecule has 0 aliphatic rings. The Labute approximate surface area is 94.1 Å². The van der Waals surface area contributed by atoms with Crippen LogP contribution >= 0.6 is 0 Å². The van der Waals surface area contributed by atoms with Gasteiger partial charge in [0.15, 0.2) is 0 Å². The van der Waals surface area contributed by atoms with Crippen molar-refractivity contribution < 1.29 is 4.79 Å². The zero-order chi connectivity index (χ0) is 12.3. The Morgan fingerprint density at radius 2 is 1.62 bits per heavy atom. The van der Waals surface area contributed by atoms with Crippen molar-refractivity contribution >= 4 is 11.6 Å². The fourth-order valence-electron chi connectivity index (χ4n) is 1.58. The van der Waals surface area contributed by atoms with E-state index in [0.717, 1.165) is 11.1 Å². The zero-order valence-electron chi connectivity index (χ0n) is 9.38. The summed E-state index contributed by atoms with van der Waals surface area (Å²) in [5.74, 6) is -0.294. The molecule has 0 aromatic heterocycles. The van der Waals surface area contributed by atoms with Crippen LogP contribution in [0.3, 0.4) is 0 Å². The number of anilines is 1. The van der Waals surface area contributed by atoms with Crippen molar-refractivity contribution in [3.8, 4) is 12.1 Å². The third kappa shape index (κ3) is 2.02. The van der Waals surface area contributed by atoms with E-state index in [1.54, 1.807) is 19.9 Å². The standard InChI is InChI=1S/C12H11N3O/c1-7-4-8(2)11(6-14)12(10(7)5-13)15-9(3)16/h4H,1-3H3,(H,15,16). The number of carbonyl (C=O) groups excluding carboxylic acids is 1. The molecule has 1 N–H and O–H groups in total. The number of hydrogen-bond acceptors (Lipinski definition) is 3. The number of carbonyl (C=O) groups is 1. The van der Waals surface area contributed by atoms with Crippen LogP contribution in [0.15, 0.2) is 6.07 Å². The number of nitrogens with one attached hydrogen (secondary N) is 1. The van der Waals surface area contributed by atoms with Crippen LogP contribution in [0.1, 0.15) is 29.2 Å². The van der Waals surface area contributed by atoms with Gasteiger partial charge in [0.05, 0.1) is 16.8 Å². The summed E-state index contributed by atoms with van der Waals surface area (Å²) in [4.78, 5) is 11.0. The number of nitrogens with zero attached hydrogens (tertiary/aromatic N) is 2. The first-order valence-corrected chi connectivity index (χ1v) is 4.73. The first-order valence-electron chi connectivity index (χ1n) is 4.73. The topological polar surface area (TPSA) is 76.7 Å². The molecule has 0 fully saturated rings. The molecule has 0 saturated carbocycles. The van der Waals surface area contributed by atoms with E-state index in [-0.39, 0.29) is 5.91 Å². The minimum atomic E-state index is -0.294. The largest absolute Gasteiger partial charge is 0.324 e. The maximum atomic E-state index is 11.0. The quantitative estimate of drug-likeness (QED) is 0.775. The molecule has 0 aliphatic carbocycles. The highest BCUT2D eigenvalue weighted by atomic mass is 16.1. The smallest absolute Gasteiger partial charge is 0.221 e. The Hall–Kier alpha value is -2.33. The van der Waals surface area contributed by atoms with Crippen molar-refractivity contribution in [2.75, 3.05) is 5.32 Å². The van der Waals surface area contributed by atoms with Crippen LogP contribution in [0.2, 0.25) is 0 Å². The molecule has 1 rings (SSSR count). The molecule has 0 unspecified atom stereocenters. The molecule has 0 aliphatic heterocycles. The van der Waals surface area contributed by atoms with E-state index < -0.39 is 0 Å². The molecule has 0 bridgehead atoms. The second-order valence-corrected chi connectivity index (χ2v) is 3.54. The molecule has 0 heterocycles. The predicted molar refractivity (Wildman–Crippen MR) is 59.6 cm³/mol. The first kappa shape index (κ1) is 11.7. The maximum Gasteiger partial charge on any atom is 0.221 e. The van der Waals surface area contributed by atoms with Crippen molar-refractivity contribution in [1.82, 2.24) is 0 Å². The Bertz CT molecular complexity index is 494. The Kier molecular flexibility index (Phi) is 3.27. The summed E-state index contributed by atoms with van der Waals surface area (Å²) in [6, 6.07) is 5.78. The van der Waals surface area contributed by atoms with Gasteiger partial charge in [-0.25, -0.2) is 0 Å². The monoisotopic (exact) mass is 213 g/mol. The van der Waals surface area contributed by atoms with Crippen LogP contribution < -0.4 is 5.32 Å². The Morgan fingerprint density at radius 1 is 1.19 bits per heavy atom. The summed E-state index contributed by atoms with van der Waals surface area (Å²) in [6.45, 7) is 4.90. The number of benzene rings is 1. The molecule has 0 spiro atoms. The van der Waals surface area contributed by atoms with E-state index >= 15 is 0 Å². The average Bonchev–Trinajstić information content (AvgIpc) is 2.17. The van der Waals surface area contributed by atoms with Gasteiger partial charge in [-0.1, -0.05) is 6.07 Å². The van der Waals surface area contributed by atoms with Gasteiger partial charge in [-0.05, 0) is 25.0 Å². The SMILES string of the molecule is CC(=O)Nc1c(C#N)c(C)cc(C)c1C#N. The van der Waals surface area contributed by atoms with Crippen molar-refractivity contribution in [1.29, 1.82) is 10.5 Å². The van der Waals surface area contributed by atoms with E-state index in [9.17, 15) is 4.79 Å². The van der Waals surface area contributed by atoms with Gasteiger partial charge in [-0.15, -0.1) is 0 Å². The highest BCUT2D eigenvalue weighted by Gasteiger charge is 2.14. The fraction of sp³-hybridized carbons (Fsp3) is 0.250. The highest BCUT2D eigenvalue weighted by Crippen LogP contribution is 2.26. The molecule has 0 saturated heterocycles. The van der Waals surface area contributed by atoms with E-state index in [1.165, 1.54) is 6.92 Å². The summed E-state index contributed by atoms with van der Waals surface area (Å²) >= 11 is 0. The lowest BCUT2D eigenvalue weighted by Crippen LogP contribution is -2.10. The van der Waals surface area contributed by atoms with Crippen LogP contribution in [0.25, 0.3) is 0 Å². The number of nitriles is 2. The maximum absolute atomic E-state index is 11.0. The molecular formula is C12H11N3O. The molecule has 0 radical (unpaired) electrons. The fourth-order valence-corrected chi connectivity index (χ4v) is 1.58. The van der Waals surface area contributed by atoms with Crippen molar-refractivity contribution in [3.63, 3.8) is 0 Å². The zero-order valence-corrected chi connectivity index (χ0v) is 9.38. The van der Waals surface area contributed by atoms with Crippen LogP contribution in [0.5, 0.6) is 0 Å². The van der Waals surface area contributed by atoms with Crippen molar-refractivity contribution in [2.24, 2.45) is 0 Å². The lowest BCUT2D eigenvalue weighted by atomic mass is 9.98. The third-order valence-corrected chi connectivity index (χ3v) is 2.25. The Balaban J connectivity index is 3.58. The molecule has 0 atom stereocenters. The molecule has 4 heteroatoms. The third-order valence-electron chi connectivity index (χ3n) is 2.25. The molecule has 4 nitrogen and oxygen atoms in total. The van der Waals surface area contributed by atoms with E-state index in [4.69, 9.17) is 10.5 Å². The number of hydrogen-bond donors (Lipinski definition) is 1. The summed E-state index contributed by atoms with van der Waals surface area (Å²) < 4.78 is 0. The summed E-state index contributed by atoms with van der Waals surface area (Å²) in [7, 11) is 0. The summed E-state index contributed by atoms with van der Waals surface area (Å²) in [5, 5.41) is 20.6. The molecule has 1 aromatic carbocycles. The van der Waals surface area contributed by atoms with Crippen LogP contribution in [0.4, 0.5) is 5.69 Å². The minimum absolute atomic E-state index is 0.294. The molecule has 80 valence electrons. The minimum Gasteiger partial charge on any atom is -0.324 e. The normalized spacial score (nSPS) is 9.06. The average molecular weight is 213 g/mol. The summed E-state index contributed by atoms with van der Waals surface area (Å²) in [5.41, 5.74) is 2.51. The molecule has 1 amide bonds. The predicted octanol–water partition coefficient (Wildman–Crippen LogP) is 2.01. The molecular weight excluding hydrogens is 202 g/mol. The van der Waals surface area contributed by atoms with E-state index in [0.29, 0.717) is 16.8 Å². The van der Waals surface area contributed by atoms with Crippen molar-refractivity contribution in [3.05, 3.63) is 28.3 Å². The second-order valence-electron chi connectivity index (χ2n) is 3.54. The Morgan fingerprint density at radius 3 is 1.94 bits per heavy atom.